The van der Waals surface area contributed by atoms with Crippen LogP contribution in [0.4, 0.5) is 8.78 Å². The summed E-state index contributed by atoms with van der Waals surface area (Å²) in [6, 6.07) is 3.59. The fraction of sp³-hybridized carbons (Fsp3) is 0.500. The van der Waals surface area contributed by atoms with Crippen molar-refractivity contribution in [2.45, 2.75) is 24.9 Å². The third-order valence-corrected chi connectivity index (χ3v) is 3.56. The smallest absolute Gasteiger partial charge is 0.242 e. The van der Waals surface area contributed by atoms with Crippen molar-refractivity contribution >= 4 is 18.3 Å². The van der Waals surface area contributed by atoms with Crippen molar-refractivity contribution in [3.05, 3.63) is 35.4 Å². The molecule has 1 aromatic rings. The molecule has 7 heteroatoms. The van der Waals surface area contributed by atoms with E-state index in [1.165, 1.54) is 11.0 Å². The summed E-state index contributed by atoms with van der Waals surface area (Å²) >= 11 is 0. The fourth-order valence-electron chi connectivity index (χ4n) is 2.31. The molecule has 1 aliphatic heterocycles. The van der Waals surface area contributed by atoms with Gasteiger partial charge in [0, 0.05) is 26.8 Å². The Morgan fingerprint density at radius 1 is 1.33 bits per heavy atom. The van der Waals surface area contributed by atoms with Gasteiger partial charge in [-0.25, -0.2) is 8.78 Å². The summed E-state index contributed by atoms with van der Waals surface area (Å²) in [5.41, 5.74) is 5.70. The number of nitrogens with two attached hydrogens (primary N) is 1. The first-order valence-corrected chi connectivity index (χ1v) is 6.48. The molecule has 1 saturated heterocycles. The van der Waals surface area contributed by atoms with Gasteiger partial charge in [0.1, 0.15) is 0 Å². The minimum atomic E-state index is -0.925. The van der Waals surface area contributed by atoms with Crippen LogP contribution in [0.5, 0.6) is 0 Å². The Morgan fingerprint density at radius 2 is 1.95 bits per heavy atom. The Morgan fingerprint density at radius 3 is 2.52 bits per heavy atom. The molecular weight excluding hydrogens is 302 g/mol. The lowest BCUT2D eigenvalue weighted by atomic mass is 9.89. The maximum Gasteiger partial charge on any atom is 0.242 e. The number of benzene rings is 1. The Kier molecular flexibility index (Phi) is 6.07. The van der Waals surface area contributed by atoms with Crippen LogP contribution < -0.4 is 5.73 Å². The molecule has 21 heavy (non-hydrogen) atoms. The van der Waals surface area contributed by atoms with Gasteiger partial charge in [-0.05, 0) is 30.5 Å². The number of nitrogens with zero attached hydrogens (tertiary/aromatic N) is 1. The zero-order valence-corrected chi connectivity index (χ0v) is 12.6. The lowest BCUT2D eigenvalue weighted by Gasteiger charge is -2.35. The zero-order chi connectivity index (χ0) is 14.8. The summed E-state index contributed by atoms with van der Waals surface area (Å²) in [4.78, 5) is 13.8. The van der Waals surface area contributed by atoms with Crippen molar-refractivity contribution in [2.75, 3.05) is 20.3 Å². The Bertz CT molecular complexity index is 508. The van der Waals surface area contributed by atoms with E-state index >= 15 is 0 Å². The highest BCUT2D eigenvalue weighted by Gasteiger charge is 2.37. The van der Waals surface area contributed by atoms with E-state index in [1.807, 2.05) is 0 Å². The third kappa shape index (κ3) is 4.12. The van der Waals surface area contributed by atoms with E-state index in [-0.39, 0.29) is 24.9 Å². The predicted molar refractivity (Wildman–Crippen MR) is 77.1 cm³/mol. The van der Waals surface area contributed by atoms with Crippen LogP contribution >= 0.6 is 12.4 Å². The topological polar surface area (TPSA) is 55.6 Å². The third-order valence-electron chi connectivity index (χ3n) is 3.56. The second-order valence-corrected chi connectivity index (χ2v) is 5.18. The van der Waals surface area contributed by atoms with Gasteiger partial charge < -0.3 is 15.4 Å². The van der Waals surface area contributed by atoms with Crippen molar-refractivity contribution in [3.63, 3.8) is 0 Å². The maximum absolute atomic E-state index is 13.1. The molecule has 0 aliphatic carbocycles. The normalized spacial score (nSPS) is 17.0. The molecule has 0 saturated carbocycles. The Balaban J connectivity index is 0.00000220. The number of carbonyl (C=O) groups excluding carboxylic acids is 1. The van der Waals surface area contributed by atoms with Gasteiger partial charge in [-0.2, -0.15) is 0 Å². The van der Waals surface area contributed by atoms with Crippen LogP contribution in [0.15, 0.2) is 18.2 Å². The number of hydrogen-bond donors (Lipinski definition) is 1. The number of carbonyl (C=O) groups is 1. The van der Waals surface area contributed by atoms with Crippen LogP contribution in [0, 0.1) is 11.6 Å². The highest BCUT2D eigenvalue weighted by molar-refractivity contribution is 5.86. The van der Waals surface area contributed by atoms with E-state index < -0.39 is 17.2 Å². The molecule has 1 heterocycles. The summed E-state index contributed by atoms with van der Waals surface area (Å²) in [5.74, 6) is -2.02. The lowest BCUT2D eigenvalue weighted by molar-refractivity contribution is -0.139. The summed E-state index contributed by atoms with van der Waals surface area (Å²) in [5, 5.41) is 0. The van der Waals surface area contributed by atoms with Gasteiger partial charge in [0.15, 0.2) is 11.6 Å². The van der Waals surface area contributed by atoms with Gasteiger partial charge >= 0.3 is 0 Å². The van der Waals surface area contributed by atoms with Crippen molar-refractivity contribution in [2.24, 2.45) is 5.73 Å². The molecule has 0 bridgehead atoms. The molecule has 0 unspecified atom stereocenters. The van der Waals surface area contributed by atoms with Crippen LogP contribution in [0.25, 0.3) is 0 Å². The monoisotopic (exact) mass is 320 g/mol. The van der Waals surface area contributed by atoms with Crippen molar-refractivity contribution < 1.29 is 18.3 Å². The number of likely N-dealkylation sites (N-methyl/N-ethyl adjacent to an activating group) is 1. The van der Waals surface area contributed by atoms with E-state index in [1.54, 1.807) is 7.05 Å². The first-order valence-electron chi connectivity index (χ1n) is 6.48. The summed E-state index contributed by atoms with van der Waals surface area (Å²) < 4.78 is 31.2. The molecule has 1 aliphatic rings. The summed E-state index contributed by atoms with van der Waals surface area (Å²) in [6.45, 7) is 1.11. The fourth-order valence-corrected chi connectivity index (χ4v) is 2.31. The zero-order valence-electron chi connectivity index (χ0n) is 11.8. The SMILES string of the molecule is CN(Cc1ccc(F)c(F)c1)C(=O)C1(N)CCOCC1.Cl. The van der Waals surface area contributed by atoms with Crippen LogP contribution in [-0.2, 0) is 16.1 Å². The summed E-state index contributed by atoms with van der Waals surface area (Å²) in [7, 11) is 1.60. The van der Waals surface area contributed by atoms with Crippen molar-refractivity contribution in [1.82, 2.24) is 4.90 Å². The van der Waals surface area contributed by atoms with E-state index in [9.17, 15) is 13.6 Å². The van der Waals surface area contributed by atoms with Crippen molar-refractivity contribution in [1.29, 1.82) is 0 Å². The van der Waals surface area contributed by atoms with Gasteiger partial charge in [-0.3, -0.25) is 4.79 Å². The van der Waals surface area contributed by atoms with Gasteiger partial charge in [-0.1, -0.05) is 6.07 Å². The largest absolute Gasteiger partial charge is 0.381 e. The molecule has 0 spiro atoms. The van der Waals surface area contributed by atoms with E-state index in [4.69, 9.17) is 10.5 Å². The lowest BCUT2D eigenvalue weighted by Crippen LogP contribution is -2.57. The van der Waals surface area contributed by atoms with E-state index in [2.05, 4.69) is 0 Å². The molecule has 1 aromatic carbocycles. The summed E-state index contributed by atoms with van der Waals surface area (Å²) in [6.07, 6.45) is 0.932. The molecule has 0 atom stereocenters. The highest BCUT2D eigenvalue weighted by Crippen LogP contribution is 2.21. The molecule has 1 amide bonds. The number of halogens is 3. The Labute approximate surface area is 128 Å². The molecule has 2 rings (SSSR count). The van der Waals surface area contributed by atoms with E-state index in [0.717, 1.165) is 12.1 Å². The molecule has 1 fully saturated rings. The minimum absolute atomic E-state index is 0. The van der Waals surface area contributed by atoms with Gasteiger partial charge in [0.2, 0.25) is 5.91 Å². The van der Waals surface area contributed by atoms with Gasteiger partial charge in [-0.15, -0.1) is 12.4 Å². The molecule has 118 valence electrons. The number of hydrogen-bond acceptors (Lipinski definition) is 3. The molecule has 2 N–H and O–H groups in total. The van der Waals surface area contributed by atoms with Gasteiger partial charge in [0.05, 0.1) is 5.54 Å². The predicted octanol–water partition coefficient (Wildman–Crippen LogP) is 1.85. The molecular formula is C14H19ClF2N2O2. The van der Waals surface area contributed by atoms with E-state index in [0.29, 0.717) is 31.6 Å². The molecule has 0 radical (unpaired) electrons. The van der Waals surface area contributed by atoms with Crippen LogP contribution in [0.2, 0.25) is 0 Å². The second kappa shape index (κ2) is 7.15. The number of ether oxygens (including phenoxy) is 1. The molecule has 0 aromatic heterocycles. The number of rotatable bonds is 3. The second-order valence-electron chi connectivity index (χ2n) is 5.18. The highest BCUT2D eigenvalue weighted by atomic mass is 35.5. The minimum Gasteiger partial charge on any atom is -0.381 e. The first kappa shape index (κ1) is 17.8. The number of amides is 1. The maximum atomic E-state index is 13.1. The quantitative estimate of drug-likeness (QED) is 0.925. The average Bonchev–Trinajstić information content (AvgIpc) is 2.43. The van der Waals surface area contributed by atoms with Crippen molar-refractivity contribution in [3.8, 4) is 0 Å². The Hall–Kier alpha value is -1.24. The molecule has 4 nitrogen and oxygen atoms in total. The van der Waals surface area contributed by atoms with Crippen LogP contribution in [-0.4, -0.2) is 36.6 Å². The average molecular weight is 321 g/mol. The standard InChI is InChI=1S/C14H18F2N2O2.ClH/c1-18(9-10-2-3-11(15)12(16)8-10)13(19)14(17)4-6-20-7-5-14;/h2-3,8H,4-7,9,17H2,1H3;1H. The van der Waals surface area contributed by atoms with Crippen LogP contribution in [0.3, 0.4) is 0 Å². The first-order chi connectivity index (χ1) is 9.42. The van der Waals surface area contributed by atoms with Gasteiger partial charge in [0.25, 0.3) is 0 Å². The van der Waals surface area contributed by atoms with Crippen LogP contribution in [0.1, 0.15) is 18.4 Å².